The van der Waals surface area contributed by atoms with Crippen molar-refractivity contribution in [2.45, 2.75) is 37.6 Å². The van der Waals surface area contributed by atoms with E-state index in [1.54, 1.807) is 12.4 Å². The third-order valence-corrected chi connectivity index (χ3v) is 6.11. The number of hydrogen-bond donors (Lipinski definition) is 3. The Bertz CT molecular complexity index is 1040. The van der Waals surface area contributed by atoms with E-state index in [0.29, 0.717) is 17.5 Å². The number of aliphatic hydroxyl groups excluding tert-OH is 1. The Morgan fingerprint density at radius 1 is 1.23 bits per heavy atom. The molecule has 2 aromatic heterocycles. The highest BCUT2D eigenvalue weighted by Gasteiger charge is 2.47. The molecule has 2 fully saturated rings. The number of nitrogens with one attached hydrogen (secondary N) is 1. The van der Waals surface area contributed by atoms with E-state index < -0.39 is 6.23 Å². The van der Waals surface area contributed by atoms with Gasteiger partial charge in [0.25, 0.3) is 5.89 Å². The lowest BCUT2D eigenvalue weighted by molar-refractivity contribution is 0.000398. The molecule has 0 bridgehead atoms. The molecule has 0 amide bonds. The van der Waals surface area contributed by atoms with Crippen LogP contribution in [0.3, 0.4) is 0 Å². The number of likely N-dealkylation sites (tertiary alicyclic amines) is 1. The van der Waals surface area contributed by atoms with Crippen LogP contribution in [0.5, 0.6) is 0 Å². The Kier molecular flexibility index (Phi) is 5.49. The minimum Gasteiger partial charge on any atom is -0.415 e. The fraction of sp³-hybridized carbons (Fsp3) is 0.455. The molecule has 162 valence electrons. The first-order valence-corrected chi connectivity index (χ1v) is 10.7. The highest BCUT2D eigenvalue weighted by Crippen LogP contribution is 2.49. The van der Waals surface area contributed by atoms with Gasteiger partial charge in [-0.05, 0) is 37.6 Å². The number of nitrogens with zero attached hydrogens (tertiary/aromatic N) is 5. The monoisotopic (exact) mass is 421 g/mol. The second-order valence-electron chi connectivity index (χ2n) is 8.43. The van der Waals surface area contributed by atoms with Crippen LogP contribution in [0.4, 0.5) is 0 Å². The fourth-order valence-corrected chi connectivity index (χ4v) is 4.29. The molecule has 4 N–H and O–H groups in total. The smallest absolute Gasteiger partial charge is 0.268 e. The first-order valence-electron chi connectivity index (χ1n) is 10.7. The molecule has 1 aromatic carbocycles. The van der Waals surface area contributed by atoms with Crippen LogP contribution in [0.15, 0.2) is 41.1 Å². The quantitative estimate of drug-likeness (QED) is 0.518. The molecule has 1 saturated carbocycles. The number of benzene rings is 1. The van der Waals surface area contributed by atoms with Crippen molar-refractivity contribution in [2.24, 2.45) is 11.7 Å². The molecule has 0 radical (unpaired) electrons. The van der Waals surface area contributed by atoms with Gasteiger partial charge >= 0.3 is 0 Å². The summed E-state index contributed by atoms with van der Waals surface area (Å²) < 4.78 is 5.87. The lowest BCUT2D eigenvalue weighted by atomic mass is 10.1. The van der Waals surface area contributed by atoms with Crippen molar-refractivity contribution in [3.63, 3.8) is 0 Å². The zero-order valence-electron chi connectivity index (χ0n) is 17.5. The summed E-state index contributed by atoms with van der Waals surface area (Å²) in [4.78, 5) is 11.1. The molecule has 1 aliphatic carbocycles. The van der Waals surface area contributed by atoms with Crippen LogP contribution in [0, 0.1) is 5.92 Å². The van der Waals surface area contributed by atoms with Gasteiger partial charge in [-0.1, -0.05) is 12.1 Å². The van der Waals surface area contributed by atoms with Crippen LogP contribution < -0.4 is 11.1 Å². The van der Waals surface area contributed by atoms with Crippen LogP contribution in [-0.2, 0) is 6.54 Å². The zero-order valence-corrected chi connectivity index (χ0v) is 17.5. The molecule has 9 nitrogen and oxygen atoms in total. The Morgan fingerprint density at radius 2 is 2.03 bits per heavy atom. The number of hydrogen-bond acceptors (Lipinski definition) is 9. The second-order valence-corrected chi connectivity index (χ2v) is 8.43. The maximum atomic E-state index is 10.7. The van der Waals surface area contributed by atoms with E-state index in [9.17, 15) is 5.11 Å². The van der Waals surface area contributed by atoms with Crippen molar-refractivity contribution in [1.29, 1.82) is 0 Å². The Morgan fingerprint density at radius 3 is 2.77 bits per heavy atom. The van der Waals surface area contributed by atoms with Crippen LogP contribution in [0.25, 0.3) is 23.0 Å². The summed E-state index contributed by atoms with van der Waals surface area (Å²) in [5.74, 6) is 1.13. The lowest BCUT2D eigenvalue weighted by Crippen LogP contribution is -2.37. The van der Waals surface area contributed by atoms with Crippen LogP contribution in [-0.4, -0.2) is 62.6 Å². The maximum absolute atomic E-state index is 10.7. The topological polar surface area (TPSA) is 126 Å². The molecule has 4 atom stereocenters. The highest BCUT2D eigenvalue weighted by atomic mass is 16.4. The van der Waals surface area contributed by atoms with Gasteiger partial charge in [-0.15, -0.1) is 10.2 Å². The molecule has 5 rings (SSSR count). The molecule has 3 aromatic rings. The van der Waals surface area contributed by atoms with Gasteiger partial charge in [0.15, 0.2) is 0 Å². The van der Waals surface area contributed by atoms with Crippen molar-refractivity contribution in [3.8, 4) is 23.0 Å². The van der Waals surface area contributed by atoms with Crippen LogP contribution in [0.2, 0.25) is 0 Å². The molecule has 2 aliphatic rings. The summed E-state index contributed by atoms with van der Waals surface area (Å²) in [5, 5.41) is 22.1. The van der Waals surface area contributed by atoms with E-state index in [1.165, 1.54) is 5.56 Å². The molecule has 3 heterocycles. The third kappa shape index (κ3) is 4.22. The molecule has 31 heavy (non-hydrogen) atoms. The number of rotatable bonds is 7. The highest BCUT2D eigenvalue weighted by molar-refractivity contribution is 5.55. The summed E-state index contributed by atoms with van der Waals surface area (Å²) in [7, 11) is 1.92. The first kappa shape index (κ1) is 20.2. The molecule has 1 aliphatic heterocycles. The molecule has 0 spiro atoms. The van der Waals surface area contributed by atoms with Gasteiger partial charge < -0.3 is 20.6 Å². The number of aromatic nitrogens is 4. The van der Waals surface area contributed by atoms with Gasteiger partial charge in [-0.25, -0.2) is 4.98 Å². The predicted octanol–water partition coefficient (Wildman–Crippen LogP) is 1.37. The summed E-state index contributed by atoms with van der Waals surface area (Å²) in [6, 6.07) is 8.14. The minimum atomic E-state index is -0.482. The number of aliphatic hydroxyl groups is 1. The first-order chi connectivity index (χ1) is 15.1. The van der Waals surface area contributed by atoms with E-state index in [1.807, 2.05) is 31.3 Å². The van der Waals surface area contributed by atoms with Gasteiger partial charge in [0.1, 0.15) is 11.9 Å². The largest absolute Gasteiger partial charge is 0.415 e. The fourth-order valence-electron chi connectivity index (χ4n) is 4.29. The van der Waals surface area contributed by atoms with Crippen LogP contribution >= 0.6 is 0 Å². The van der Waals surface area contributed by atoms with Crippen molar-refractivity contribution >= 4 is 0 Å². The summed E-state index contributed by atoms with van der Waals surface area (Å²) >= 11 is 0. The van der Waals surface area contributed by atoms with E-state index in [4.69, 9.17) is 15.1 Å². The Hall–Kier alpha value is -2.72. The van der Waals surface area contributed by atoms with E-state index in [0.717, 1.165) is 43.7 Å². The molecular formula is C22H27N7O2. The predicted molar refractivity (Wildman–Crippen MR) is 115 cm³/mol. The van der Waals surface area contributed by atoms with Gasteiger partial charge in [0, 0.05) is 49.3 Å². The van der Waals surface area contributed by atoms with Gasteiger partial charge in [0.2, 0.25) is 5.89 Å². The summed E-state index contributed by atoms with van der Waals surface area (Å²) in [6.07, 6.45) is 4.73. The molecule has 9 heteroatoms. The van der Waals surface area contributed by atoms with Crippen LogP contribution in [0.1, 0.15) is 30.0 Å². The van der Waals surface area contributed by atoms with E-state index in [2.05, 4.69) is 25.4 Å². The van der Waals surface area contributed by atoms with Gasteiger partial charge in [0.05, 0.1) is 11.9 Å². The van der Waals surface area contributed by atoms with Crippen molar-refractivity contribution in [1.82, 2.24) is 30.4 Å². The SMILES string of the molecule is CNCc1ccc(-c2nnc(-c3cncc(C4CC4C(O)N4CC[C@@H](N)C4)n3)o2)cc1. The minimum absolute atomic E-state index is 0.154. The normalized spacial score (nSPS) is 24.4. The lowest BCUT2D eigenvalue weighted by Gasteiger charge is -2.22. The standard InChI is InChI=1S/C22H27N7O2/c1-24-9-13-2-4-14(5-3-13)20-27-28-21(31-20)19-11-25-10-18(26-19)16-8-17(16)22(30)29-7-6-15(23)12-29/h2-5,10-11,15-17,22,24,30H,6-9,12,23H2,1H3/t15-,16?,17?,22?/m1/s1. The Labute approximate surface area is 180 Å². The summed E-state index contributed by atoms with van der Waals surface area (Å²) in [6.45, 7) is 2.40. The second kappa shape index (κ2) is 8.43. The zero-order chi connectivity index (χ0) is 21.4. The van der Waals surface area contributed by atoms with Crippen molar-refractivity contribution in [2.75, 3.05) is 20.1 Å². The van der Waals surface area contributed by atoms with Crippen molar-refractivity contribution in [3.05, 3.63) is 47.9 Å². The maximum Gasteiger partial charge on any atom is 0.268 e. The average molecular weight is 422 g/mol. The Balaban J connectivity index is 1.29. The summed E-state index contributed by atoms with van der Waals surface area (Å²) in [5.41, 5.74) is 9.41. The van der Waals surface area contributed by atoms with E-state index >= 15 is 0 Å². The molecular weight excluding hydrogens is 394 g/mol. The molecule has 1 saturated heterocycles. The third-order valence-electron chi connectivity index (χ3n) is 6.11. The number of nitrogens with two attached hydrogens (primary N) is 1. The van der Waals surface area contributed by atoms with Crippen molar-refractivity contribution < 1.29 is 9.52 Å². The van der Waals surface area contributed by atoms with Gasteiger partial charge in [-0.3, -0.25) is 9.88 Å². The van der Waals surface area contributed by atoms with E-state index in [-0.39, 0.29) is 17.9 Å². The molecule has 3 unspecified atom stereocenters. The average Bonchev–Trinajstić information content (AvgIpc) is 3.21. The van der Waals surface area contributed by atoms with Gasteiger partial charge in [-0.2, -0.15) is 0 Å².